The molecule has 2 aromatic carbocycles. The quantitative estimate of drug-likeness (QED) is 0.505. The summed E-state index contributed by atoms with van der Waals surface area (Å²) in [6.07, 6.45) is 2.74. The van der Waals surface area contributed by atoms with E-state index in [4.69, 9.17) is 10.5 Å². The topological polar surface area (TPSA) is 90.4 Å². The molecule has 126 valence electrons. The van der Waals surface area contributed by atoms with Crippen molar-refractivity contribution in [1.29, 1.82) is 0 Å². The number of rotatable bonds is 4. The van der Waals surface area contributed by atoms with Gasteiger partial charge in [-0.15, -0.1) is 0 Å². The van der Waals surface area contributed by atoms with Crippen molar-refractivity contribution in [3.63, 3.8) is 0 Å². The van der Waals surface area contributed by atoms with Crippen LogP contribution < -0.4 is 15.8 Å². The number of nitrogens with zero attached hydrogens (tertiary/aromatic N) is 1. The summed E-state index contributed by atoms with van der Waals surface area (Å²) in [7, 11) is 1.32. The second kappa shape index (κ2) is 6.35. The average Bonchev–Trinajstić information content (AvgIpc) is 2.56. The SMILES string of the molecule is COc1cc(NC2CCCc3cc(N)ccc32)c(F)cc1[N+](=O)[O-]. The molecule has 0 saturated heterocycles. The van der Waals surface area contributed by atoms with Crippen molar-refractivity contribution in [2.45, 2.75) is 25.3 Å². The van der Waals surface area contributed by atoms with E-state index in [9.17, 15) is 14.5 Å². The van der Waals surface area contributed by atoms with Crippen LogP contribution in [0.15, 0.2) is 30.3 Å². The third-order valence-corrected chi connectivity index (χ3v) is 4.28. The number of nitrogen functional groups attached to an aromatic ring is 1. The van der Waals surface area contributed by atoms with Gasteiger partial charge in [-0.3, -0.25) is 10.1 Å². The summed E-state index contributed by atoms with van der Waals surface area (Å²) in [6, 6.07) is 7.85. The van der Waals surface area contributed by atoms with Crippen LogP contribution in [0.2, 0.25) is 0 Å². The molecular weight excluding hydrogens is 313 g/mol. The number of nitrogens with two attached hydrogens (primary N) is 1. The van der Waals surface area contributed by atoms with Gasteiger partial charge in [0, 0.05) is 11.8 Å². The Kier molecular flexibility index (Phi) is 4.24. The Hall–Kier alpha value is -2.83. The molecular formula is C17H18FN3O3. The Morgan fingerprint density at radius 2 is 2.17 bits per heavy atom. The first-order valence-electron chi connectivity index (χ1n) is 7.66. The van der Waals surface area contributed by atoms with Crippen LogP contribution >= 0.6 is 0 Å². The second-order valence-electron chi connectivity index (χ2n) is 5.81. The van der Waals surface area contributed by atoms with Crippen molar-refractivity contribution in [2.24, 2.45) is 0 Å². The highest BCUT2D eigenvalue weighted by atomic mass is 19.1. The van der Waals surface area contributed by atoms with Crippen molar-refractivity contribution in [2.75, 3.05) is 18.2 Å². The molecule has 24 heavy (non-hydrogen) atoms. The van der Waals surface area contributed by atoms with E-state index < -0.39 is 16.4 Å². The number of nitrogens with one attached hydrogen (secondary N) is 1. The highest BCUT2D eigenvalue weighted by Crippen LogP contribution is 2.37. The zero-order valence-electron chi connectivity index (χ0n) is 13.2. The zero-order chi connectivity index (χ0) is 17.3. The molecule has 0 bridgehead atoms. The van der Waals surface area contributed by atoms with Gasteiger partial charge < -0.3 is 15.8 Å². The van der Waals surface area contributed by atoms with E-state index in [1.165, 1.54) is 13.2 Å². The lowest BCUT2D eigenvalue weighted by molar-refractivity contribution is -0.385. The molecule has 0 amide bonds. The number of nitro benzene ring substituents is 1. The number of methoxy groups -OCH3 is 1. The Balaban J connectivity index is 1.94. The minimum absolute atomic E-state index is 0.0252. The maximum atomic E-state index is 14.3. The number of ether oxygens (including phenoxy) is 1. The molecule has 1 aliphatic rings. The van der Waals surface area contributed by atoms with Gasteiger partial charge in [0.1, 0.15) is 0 Å². The predicted octanol–water partition coefficient (Wildman–Crippen LogP) is 3.81. The van der Waals surface area contributed by atoms with Crippen molar-refractivity contribution in [1.82, 2.24) is 0 Å². The molecule has 3 rings (SSSR count). The lowest BCUT2D eigenvalue weighted by Crippen LogP contribution is -2.18. The summed E-state index contributed by atoms with van der Waals surface area (Å²) >= 11 is 0. The minimum Gasteiger partial charge on any atom is -0.490 e. The van der Waals surface area contributed by atoms with Gasteiger partial charge in [0.25, 0.3) is 0 Å². The first kappa shape index (κ1) is 16.0. The van der Waals surface area contributed by atoms with Crippen LogP contribution in [0.1, 0.15) is 30.0 Å². The summed E-state index contributed by atoms with van der Waals surface area (Å²) in [5.74, 6) is -0.651. The van der Waals surface area contributed by atoms with E-state index in [1.807, 2.05) is 18.2 Å². The number of halogens is 1. The van der Waals surface area contributed by atoms with Gasteiger partial charge in [0.2, 0.25) is 0 Å². The minimum atomic E-state index is -0.676. The standard InChI is InChI=1S/C17H18FN3O3/c1-24-17-9-15(13(18)8-16(17)21(22)23)20-14-4-2-3-10-7-11(19)5-6-12(10)14/h5-9,14,20H,2-4,19H2,1H3. The van der Waals surface area contributed by atoms with Gasteiger partial charge in [-0.25, -0.2) is 4.39 Å². The van der Waals surface area contributed by atoms with Gasteiger partial charge in [0.15, 0.2) is 11.6 Å². The Morgan fingerprint density at radius 3 is 2.88 bits per heavy atom. The van der Waals surface area contributed by atoms with E-state index in [1.54, 1.807) is 0 Å². The number of hydrogen-bond donors (Lipinski definition) is 2. The molecule has 2 aromatic rings. The third kappa shape index (κ3) is 2.97. The Morgan fingerprint density at radius 1 is 1.38 bits per heavy atom. The molecule has 7 heteroatoms. The van der Waals surface area contributed by atoms with E-state index >= 15 is 0 Å². The average molecular weight is 331 g/mol. The van der Waals surface area contributed by atoms with Gasteiger partial charge >= 0.3 is 5.69 Å². The summed E-state index contributed by atoms with van der Waals surface area (Å²) in [5.41, 5.74) is 8.55. The van der Waals surface area contributed by atoms with Crippen LogP contribution in [0.3, 0.4) is 0 Å². The first-order valence-corrected chi connectivity index (χ1v) is 7.66. The maximum absolute atomic E-state index is 14.3. The number of aryl methyl sites for hydroxylation is 1. The smallest absolute Gasteiger partial charge is 0.313 e. The fourth-order valence-corrected chi connectivity index (χ4v) is 3.13. The van der Waals surface area contributed by atoms with Crippen LogP contribution in [0.5, 0.6) is 5.75 Å². The van der Waals surface area contributed by atoms with Crippen molar-refractivity contribution >= 4 is 17.1 Å². The van der Waals surface area contributed by atoms with E-state index in [0.29, 0.717) is 5.69 Å². The van der Waals surface area contributed by atoms with Crippen molar-refractivity contribution in [3.05, 3.63) is 57.4 Å². The highest BCUT2D eigenvalue weighted by Gasteiger charge is 2.24. The Labute approximate surface area is 138 Å². The molecule has 1 atom stereocenters. The molecule has 1 unspecified atom stereocenters. The summed E-state index contributed by atoms with van der Waals surface area (Å²) in [5, 5.41) is 14.1. The molecule has 0 radical (unpaired) electrons. The van der Waals surface area contributed by atoms with Crippen molar-refractivity contribution < 1.29 is 14.1 Å². The lowest BCUT2D eigenvalue weighted by atomic mass is 9.87. The van der Waals surface area contributed by atoms with Crippen LogP contribution in [-0.2, 0) is 6.42 Å². The third-order valence-electron chi connectivity index (χ3n) is 4.28. The fourth-order valence-electron chi connectivity index (χ4n) is 3.13. The summed E-state index contributed by atoms with van der Waals surface area (Å²) in [4.78, 5) is 10.3. The molecule has 3 N–H and O–H groups in total. The largest absolute Gasteiger partial charge is 0.490 e. The van der Waals surface area contributed by atoms with Gasteiger partial charge in [-0.1, -0.05) is 6.07 Å². The molecule has 0 fully saturated rings. The van der Waals surface area contributed by atoms with Crippen LogP contribution in [-0.4, -0.2) is 12.0 Å². The fraction of sp³-hybridized carbons (Fsp3) is 0.294. The number of benzene rings is 2. The number of hydrogen-bond acceptors (Lipinski definition) is 5. The van der Waals surface area contributed by atoms with Crippen LogP contribution in [0.4, 0.5) is 21.5 Å². The van der Waals surface area contributed by atoms with E-state index in [0.717, 1.165) is 36.5 Å². The van der Waals surface area contributed by atoms with Crippen LogP contribution in [0.25, 0.3) is 0 Å². The molecule has 0 aromatic heterocycles. The van der Waals surface area contributed by atoms with Crippen molar-refractivity contribution in [3.8, 4) is 5.75 Å². The zero-order valence-corrected chi connectivity index (χ0v) is 13.2. The molecule has 1 aliphatic carbocycles. The molecule has 0 spiro atoms. The van der Waals surface area contributed by atoms with Gasteiger partial charge in [-0.05, 0) is 42.5 Å². The molecule has 0 saturated carbocycles. The van der Waals surface area contributed by atoms with Gasteiger partial charge in [0.05, 0.1) is 29.8 Å². The lowest BCUT2D eigenvalue weighted by Gasteiger charge is -2.27. The summed E-state index contributed by atoms with van der Waals surface area (Å²) in [6.45, 7) is 0. The monoisotopic (exact) mass is 331 g/mol. The highest BCUT2D eigenvalue weighted by molar-refractivity contribution is 5.60. The number of nitro groups is 1. The summed E-state index contributed by atoms with van der Waals surface area (Å²) < 4.78 is 19.3. The molecule has 6 nitrogen and oxygen atoms in total. The van der Waals surface area contributed by atoms with Gasteiger partial charge in [-0.2, -0.15) is 0 Å². The Bertz CT molecular complexity index is 795. The normalized spacial score (nSPS) is 16.3. The van der Waals surface area contributed by atoms with E-state index in [-0.39, 0.29) is 17.5 Å². The molecule has 0 aliphatic heterocycles. The number of anilines is 2. The maximum Gasteiger partial charge on any atom is 0.313 e. The first-order chi connectivity index (χ1) is 11.5. The van der Waals surface area contributed by atoms with E-state index in [2.05, 4.69) is 5.32 Å². The molecule has 0 heterocycles. The van der Waals surface area contributed by atoms with Crippen LogP contribution in [0, 0.1) is 15.9 Å². The number of fused-ring (bicyclic) bond motifs is 1. The second-order valence-corrected chi connectivity index (χ2v) is 5.81. The predicted molar refractivity (Wildman–Crippen MR) is 89.8 cm³/mol.